The average molecular weight is 272 g/mol. The highest BCUT2D eigenvalue weighted by molar-refractivity contribution is 5.71. The minimum absolute atomic E-state index is 0.617. The fourth-order valence-electron chi connectivity index (χ4n) is 2.19. The summed E-state index contributed by atoms with van der Waals surface area (Å²) in [7, 11) is 1.70. The molecule has 2 nitrogen and oxygen atoms in total. The molecule has 0 atom stereocenters. The molecule has 20 heavy (non-hydrogen) atoms. The normalized spacial score (nSPS) is 10.9. The molecular formula is C18H24O2. The van der Waals surface area contributed by atoms with Crippen LogP contribution < -0.4 is 4.74 Å². The smallest absolute Gasteiger partial charge is 0.161 e. The van der Waals surface area contributed by atoms with Crippen molar-refractivity contribution in [2.24, 2.45) is 0 Å². The van der Waals surface area contributed by atoms with Gasteiger partial charge in [-0.2, -0.15) is 0 Å². The van der Waals surface area contributed by atoms with E-state index in [0.717, 1.165) is 12.2 Å². The van der Waals surface area contributed by atoms with Crippen LogP contribution in [-0.2, 0) is 4.74 Å². The second-order valence-corrected chi connectivity index (χ2v) is 4.56. The Morgan fingerprint density at radius 2 is 1.95 bits per heavy atom. The second-order valence-electron chi connectivity index (χ2n) is 4.56. The molecule has 2 heteroatoms. The molecule has 0 radical (unpaired) electrons. The summed E-state index contributed by atoms with van der Waals surface area (Å²) in [6, 6.07) is 4.11. The van der Waals surface area contributed by atoms with E-state index < -0.39 is 0 Å². The monoisotopic (exact) mass is 272 g/mol. The van der Waals surface area contributed by atoms with Crippen molar-refractivity contribution in [3.05, 3.63) is 53.0 Å². The molecule has 1 aromatic carbocycles. The van der Waals surface area contributed by atoms with Gasteiger partial charge in [0.05, 0.1) is 13.7 Å². The molecule has 0 aromatic heterocycles. The number of rotatable bonds is 6. The molecule has 0 fully saturated rings. The van der Waals surface area contributed by atoms with Crippen molar-refractivity contribution in [1.82, 2.24) is 0 Å². The van der Waals surface area contributed by atoms with E-state index in [1.54, 1.807) is 7.11 Å². The quantitative estimate of drug-likeness (QED) is 0.420. The maximum atomic E-state index is 5.50. The van der Waals surface area contributed by atoms with Gasteiger partial charge in [0.2, 0.25) is 0 Å². The lowest BCUT2D eigenvalue weighted by Crippen LogP contribution is -1.96. The summed E-state index contributed by atoms with van der Waals surface area (Å²) in [5.41, 5.74) is 7.68. The Morgan fingerprint density at radius 1 is 1.25 bits per heavy atom. The largest absolute Gasteiger partial charge is 0.496 e. The zero-order valence-electron chi connectivity index (χ0n) is 13.2. The maximum absolute atomic E-state index is 5.50. The predicted octanol–water partition coefficient (Wildman–Crippen LogP) is 4.81. The number of ether oxygens (including phenoxy) is 2. The van der Waals surface area contributed by atoms with Crippen molar-refractivity contribution < 1.29 is 9.47 Å². The van der Waals surface area contributed by atoms with E-state index in [4.69, 9.17) is 9.47 Å². The van der Waals surface area contributed by atoms with Gasteiger partial charge < -0.3 is 9.47 Å². The second kappa shape index (κ2) is 7.62. The molecule has 0 aliphatic carbocycles. The fraction of sp³-hybridized carbons (Fsp3) is 0.389. The first-order chi connectivity index (χ1) is 9.58. The van der Waals surface area contributed by atoms with E-state index in [1.807, 2.05) is 19.1 Å². The molecule has 1 aromatic rings. The van der Waals surface area contributed by atoms with Crippen molar-refractivity contribution in [2.45, 2.75) is 34.1 Å². The first-order valence-electron chi connectivity index (χ1n) is 6.96. The summed E-state index contributed by atoms with van der Waals surface area (Å²) in [5.74, 6) is 1.61. The highest BCUT2D eigenvalue weighted by atomic mass is 16.5. The molecule has 0 saturated carbocycles. The van der Waals surface area contributed by atoms with Crippen molar-refractivity contribution in [2.75, 3.05) is 13.7 Å². The molecule has 0 bridgehead atoms. The van der Waals surface area contributed by atoms with Crippen LogP contribution in [0.25, 0.3) is 5.57 Å². The molecule has 0 saturated heterocycles. The van der Waals surface area contributed by atoms with E-state index in [1.165, 1.54) is 22.3 Å². The van der Waals surface area contributed by atoms with Crippen LogP contribution in [0.2, 0.25) is 0 Å². The van der Waals surface area contributed by atoms with Gasteiger partial charge in [-0.1, -0.05) is 25.3 Å². The van der Waals surface area contributed by atoms with Crippen molar-refractivity contribution in [1.29, 1.82) is 0 Å². The molecule has 0 N–H and O–H groups in total. The van der Waals surface area contributed by atoms with Crippen LogP contribution >= 0.6 is 0 Å². The van der Waals surface area contributed by atoms with Gasteiger partial charge in [0.15, 0.2) is 5.76 Å². The molecule has 0 aliphatic rings. The Balaban J connectivity index is 3.29. The van der Waals surface area contributed by atoms with E-state index in [0.29, 0.717) is 12.4 Å². The van der Waals surface area contributed by atoms with Crippen LogP contribution in [0.1, 0.15) is 37.0 Å². The first-order valence-corrected chi connectivity index (χ1v) is 6.96. The Kier molecular flexibility index (Phi) is 6.14. The molecule has 108 valence electrons. The van der Waals surface area contributed by atoms with Gasteiger partial charge >= 0.3 is 0 Å². The van der Waals surface area contributed by atoms with Gasteiger partial charge in [-0.15, -0.1) is 0 Å². The van der Waals surface area contributed by atoms with E-state index in [9.17, 15) is 0 Å². The van der Waals surface area contributed by atoms with Gasteiger partial charge in [0.1, 0.15) is 5.75 Å². The minimum Gasteiger partial charge on any atom is -0.496 e. The standard InChI is InChI=1S/C18H24O2/c1-7-15(12-16(8-2)20-9-3)17-10-11-18(19-6)14(5)13(17)4/h10-12H,2,7,9H2,1,3-6H3/b15-12-. The van der Waals surface area contributed by atoms with Gasteiger partial charge in [0.25, 0.3) is 0 Å². The zero-order valence-corrected chi connectivity index (χ0v) is 13.2. The van der Waals surface area contributed by atoms with Gasteiger partial charge in [-0.25, -0.2) is 0 Å². The summed E-state index contributed by atoms with van der Waals surface area (Å²) in [6.45, 7) is 12.6. The molecule has 0 amide bonds. The number of hydrogen-bond donors (Lipinski definition) is 0. The number of hydrogen-bond acceptors (Lipinski definition) is 2. The van der Waals surface area contributed by atoms with Crippen LogP contribution in [0.5, 0.6) is 5.75 Å². The molecule has 0 spiro atoms. The average Bonchev–Trinajstić information content (AvgIpc) is 2.47. The van der Waals surface area contributed by atoms with Crippen molar-refractivity contribution in [3.8, 4) is 5.75 Å². The van der Waals surface area contributed by atoms with Crippen LogP contribution in [0.15, 0.2) is 36.3 Å². The van der Waals surface area contributed by atoms with E-state index >= 15 is 0 Å². The number of allylic oxidation sites excluding steroid dienone is 2. The number of benzene rings is 1. The van der Waals surface area contributed by atoms with Gasteiger partial charge in [-0.05, 0) is 61.6 Å². The Bertz CT molecular complexity index is 547. The summed E-state index contributed by atoms with van der Waals surface area (Å²) < 4.78 is 10.9. The van der Waals surface area contributed by atoms with Crippen LogP contribution in [-0.4, -0.2) is 13.7 Å². The third-order valence-corrected chi connectivity index (χ3v) is 3.46. The van der Waals surface area contributed by atoms with Crippen LogP contribution in [0.3, 0.4) is 0 Å². The summed E-state index contributed by atoms with van der Waals surface area (Å²) in [6.07, 6.45) is 2.94. The zero-order chi connectivity index (χ0) is 15.1. The molecular weight excluding hydrogens is 248 g/mol. The summed E-state index contributed by atoms with van der Waals surface area (Å²) in [5, 5.41) is 0. The van der Waals surface area contributed by atoms with Crippen LogP contribution in [0.4, 0.5) is 0 Å². The Labute approximate surface area is 122 Å². The van der Waals surface area contributed by atoms with Crippen molar-refractivity contribution >= 4 is 5.57 Å². The molecule has 0 aliphatic heterocycles. The lowest BCUT2D eigenvalue weighted by molar-refractivity contribution is 0.243. The summed E-state index contributed by atoms with van der Waals surface area (Å²) in [4.78, 5) is 0. The lowest BCUT2D eigenvalue weighted by atomic mass is 9.94. The fourth-order valence-corrected chi connectivity index (χ4v) is 2.19. The van der Waals surface area contributed by atoms with E-state index in [-0.39, 0.29) is 0 Å². The summed E-state index contributed by atoms with van der Waals surface area (Å²) >= 11 is 0. The maximum Gasteiger partial charge on any atom is 0.161 e. The highest BCUT2D eigenvalue weighted by Gasteiger charge is 2.10. The van der Waals surface area contributed by atoms with Gasteiger partial charge in [0, 0.05) is 0 Å². The molecule has 0 heterocycles. The van der Waals surface area contributed by atoms with E-state index in [2.05, 4.69) is 39.1 Å². The topological polar surface area (TPSA) is 18.5 Å². The molecule has 0 unspecified atom stereocenters. The van der Waals surface area contributed by atoms with Crippen molar-refractivity contribution in [3.63, 3.8) is 0 Å². The lowest BCUT2D eigenvalue weighted by Gasteiger charge is -2.15. The van der Waals surface area contributed by atoms with Crippen LogP contribution in [0, 0.1) is 13.8 Å². The number of methoxy groups -OCH3 is 1. The third kappa shape index (κ3) is 3.55. The Hall–Kier alpha value is -1.92. The SMILES string of the molecule is C=C=C(/C=C(/CC)c1ccc(OC)c(C)c1C)OCC. The molecule has 1 rings (SSSR count). The highest BCUT2D eigenvalue weighted by Crippen LogP contribution is 2.30. The minimum atomic E-state index is 0.617. The first kappa shape index (κ1) is 16.1. The Morgan fingerprint density at radius 3 is 2.45 bits per heavy atom. The predicted molar refractivity (Wildman–Crippen MR) is 85.0 cm³/mol. The third-order valence-electron chi connectivity index (χ3n) is 3.46. The van der Waals surface area contributed by atoms with Gasteiger partial charge in [-0.3, -0.25) is 0 Å².